The Hall–Kier alpha value is -2.68. The highest BCUT2D eigenvalue weighted by atomic mass is 32.1. The van der Waals surface area contributed by atoms with E-state index >= 15 is 0 Å². The molecule has 0 saturated carbocycles. The summed E-state index contributed by atoms with van der Waals surface area (Å²) in [4.78, 5) is 8.84. The van der Waals surface area contributed by atoms with E-state index in [1.807, 2.05) is 0 Å². The Balaban J connectivity index is 2.59. The molecule has 0 aliphatic rings. The molecule has 3 N–H and O–H groups in total. The lowest BCUT2D eigenvalue weighted by Gasteiger charge is -2.23. The van der Waals surface area contributed by atoms with Crippen LogP contribution in [0.3, 0.4) is 0 Å². The zero-order chi connectivity index (χ0) is 27.1. The van der Waals surface area contributed by atoms with Crippen molar-refractivity contribution in [2.24, 2.45) is 0 Å². The topological polar surface area (TPSA) is 77.4 Å². The second-order valence-electron chi connectivity index (χ2n) is 7.45. The van der Waals surface area contributed by atoms with Crippen molar-refractivity contribution in [2.75, 3.05) is 7.11 Å². The van der Waals surface area contributed by atoms with Gasteiger partial charge in [-0.15, -0.1) is 11.3 Å². The lowest BCUT2D eigenvalue weighted by Crippen LogP contribution is -2.75. The van der Waals surface area contributed by atoms with E-state index in [4.69, 9.17) is 4.84 Å². The first kappa shape index (κ1) is 29.5. The van der Waals surface area contributed by atoms with Crippen LogP contribution in [0.1, 0.15) is 41.6 Å². The fourth-order valence-electron chi connectivity index (χ4n) is 3.06. The minimum absolute atomic E-state index is 0.142. The van der Waals surface area contributed by atoms with Gasteiger partial charge in [0.15, 0.2) is 11.5 Å². The van der Waals surface area contributed by atoms with Gasteiger partial charge in [0.25, 0.3) is 0 Å². The van der Waals surface area contributed by atoms with Crippen molar-refractivity contribution in [1.29, 1.82) is 0 Å². The minimum Gasteiger partial charge on any atom is -0.431 e. The Bertz CT molecular complexity index is 1060. The van der Waals surface area contributed by atoms with Crippen molar-refractivity contribution in [2.45, 2.75) is 51.2 Å². The molecule has 2 rings (SSSR count). The summed E-state index contributed by atoms with van der Waals surface area (Å²) in [5, 5.41) is 9.39. The number of aromatic nitrogens is 1. The number of nitrogens with zero attached hydrogens (tertiary/aromatic N) is 1. The maximum Gasteiger partial charge on any atom is 0.423 e. The molecule has 1 aromatic carbocycles. The molecule has 0 radical (unpaired) electrons. The van der Waals surface area contributed by atoms with E-state index in [1.165, 1.54) is 18.7 Å². The smallest absolute Gasteiger partial charge is 0.423 e. The monoisotopic (exact) mass is 545 g/mol. The van der Waals surface area contributed by atoms with Crippen LogP contribution in [0.4, 0.5) is 30.7 Å². The summed E-state index contributed by atoms with van der Waals surface area (Å²) in [7, 11) is 1.43. The summed E-state index contributed by atoms with van der Waals surface area (Å²) >= 11 is 0.580. The van der Waals surface area contributed by atoms with Gasteiger partial charge >= 0.3 is 19.4 Å². The molecule has 0 bridgehead atoms. The van der Waals surface area contributed by atoms with E-state index in [2.05, 4.69) is 14.5 Å². The van der Waals surface area contributed by atoms with Crippen molar-refractivity contribution in [3.05, 3.63) is 63.8 Å². The molecule has 200 valence electrons. The van der Waals surface area contributed by atoms with E-state index in [1.54, 1.807) is 25.3 Å². The largest absolute Gasteiger partial charge is 0.431 e. The van der Waals surface area contributed by atoms with Crippen LogP contribution >= 0.6 is 11.3 Å². The highest BCUT2D eigenvalue weighted by Gasteiger charge is 2.53. The third kappa shape index (κ3) is 7.66. The van der Waals surface area contributed by atoms with Crippen molar-refractivity contribution >= 4 is 11.3 Å². The van der Waals surface area contributed by atoms with Gasteiger partial charge in [0.05, 0.1) is 7.11 Å². The van der Waals surface area contributed by atoms with Crippen molar-refractivity contribution in [3.8, 4) is 11.5 Å². The molecule has 36 heavy (non-hydrogen) atoms. The first-order chi connectivity index (χ1) is 16.8. The molecular formula is C22H24F7N2O4S+. The van der Waals surface area contributed by atoms with Crippen LogP contribution in [-0.4, -0.2) is 36.6 Å². The van der Waals surface area contributed by atoms with E-state index in [0.717, 1.165) is 18.3 Å². The minimum atomic E-state index is -5.00. The highest BCUT2D eigenvalue weighted by molar-refractivity contribution is 7.11. The average Bonchev–Trinajstić information content (AvgIpc) is 3.27. The van der Waals surface area contributed by atoms with Crippen LogP contribution in [0.25, 0.3) is 0 Å². The molecule has 0 spiro atoms. The molecule has 0 amide bonds. The number of ether oxygens (including phenoxy) is 2. The molecule has 0 saturated heterocycles. The fourth-order valence-corrected chi connectivity index (χ4v) is 4.17. The number of hydrogen-bond acceptors (Lipinski definition) is 6. The van der Waals surface area contributed by atoms with Gasteiger partial charge in [-0.2, -0.15) is 36.2 Å². The Morgan fingerprint density at radius 2 is 1.78 bits per heavy atom. The normalized spacial score (nSPS) is 15.5. The van der Waals surface area contributed by atoms with Gasteiger partial charge in [-0.1, -0.05) is 12.1 Å². The average molecular weight is 545 g/mol. The van der Waals surface area contributed by atoms with Gasteiger partial charge in [0.1, 0.15) is 11.2 Å². The van der Waals surface area contributed by atoms with Gasteiger partial charge in [-0.25, -0.2) is 9.82 Å². The number of alkyl halides is 7. The number of hydrogen-bond donors (Lipinski definition) is 2. The standard InChI is InChI=1S/C22H23F7N2O4S/c1-4-12(7-8-31-33-3)9-14(17-11-30-18(36-17)21(2,32)22(27,28)29)13-5-6-15(34-19(23)24)16(10-13)35-20(25)26/h4-8,10-11,14,19-20,31-32H,9H2,1-3H3/p+1/b8-7-,12-4+. The summed E-state index contributed by atoms with van der Waals surface area (Å²) in [6.07, 6.45) is 1.23. The predicted octanol–water partition coefficient (Wildman–Crippen LogP) is 5.22. The number of quaternary nitrogens is 1. The zero-order valence-electron chi connectivity index (χ0n) is 19.2. The Morgan fingerprint density at radius 1 is 1.14 bits per heavy atom. The number of aliphatic hydroxyl groups is 1. The molecule has 6 nitrogen and oxygen atoms in total. The molecular weight excluding hydrogens is 521 g/mol. The first-order valence-electron chi connectivity index (χ1n) is 10.3. The van der Waals surface area contributed by atoms with Crippen LogP contribution < -0.4 is 15.0 Å². The molecule has 2 atom stereocenters. The predicted molar refractivity (Wildman–Crippen MR) is 116 cm³/mol. The third-order valence-electron chi connectivity index (χ3n) is 4.97. The molecule has 0 fully saturated rings. The molecule has 14 heteroatoms. The molecule has 1 aromatic heterocycles. The molecule has 1 heterocycles. The third-order valence-corrected chi connectivity index (χ3v) is 6.30. The Morgan fingerprint density at radius 3 is 2.33 bits per heavy atom. The summed E-state index contributed by atoms with van der Waals surface area (Å²) in [6, 6.07) is 3.36. The maximum atomic E-state index is 13.3. The Kier molecular flexibility index (Phi) is 10.3. The molecule has 0 aliphatic heterocycles. The van der Waals surface area contributed by atoms with Crippen LogP contribution in [0.15, 0.2) is 48.3 Å². The van der Waals surface area contributed by atoms with E-state index in [-0.39, 0.29) is 16.9 Å². The van der Waals surface area contributed by atoms with Crippen molar-refractivity contribution < 1.29 is 55.6 Å². The van der Waals surface area contributed by atoms with Gasteiger partial charge in [-0.05, 0) is 49.6 Å². The van der Waals surface area contributed by atoms with Crippen LogP contribution in [-0.2, 0) is 10.4 Å². The van der Waals surface area contributed by atoms with Gasteiger partial charge in [-0.3, -0.25) is 0 Å². The second-order valence-corrected chi connectivity index (χ2v) is 8.51. The summed E-state index contributed by atoms with van der Waals surface area (Å²) in [5.41, 5.74) is -0.918. The maximum absolute atomic E-state index is 13.3. The number of allylic oxidation sites excluding steroid dienone is 3. The molecule has 2 unspecified atom stereocenters. The van der Waals surface area contributed by atoms with Crippen LogP contribution in [0.5, 0.6) is 11.5 Å². The number of benzene rings is 1. The van der Waals surface area contributed by atoms with E-state index in [9.17, 15) is 35.8 Å². The van der Waals surface area contributed by atoms with Gasteiger partial charge in [0, 0.05) is 17.0 Å². The second kappa shape index (κ2) is 12.5. The van der Waals surface area contributed by atoms with E-state index < -0.39 is 47.4 Å². The van der Waals surface area contributed by atoms with Crippen molar-refractivity contribution in [3.63, 3.8) is 0 Å². The zero-order valence-corrected chi connectivity index (χ0v) is 20.0. The quantitative estimate of drug-likeness (QED) is 0.217. The number of nitrogens with two attached hydrogens (primary N) is 1. The molecule has 0 aliphatic carbocycles. The lowest BCUT2D eigenvalue weighted by atomic mass is 9.90. The number of halogens is 7. The summed E-state index contributed by atoms with van der Waals surface area (Å²) in [6.45, 7) is -4.39. The Labute approximate surface area is 206 Å². The fraction of sp³-hybridized carbons (Fsp3) is 0.409. The van der Waals surface area contributed by atoms with Crippen LogP contribution in [0.2, 0.25) is 0 Å². The first-order valence-corrected chi connectivity index (χ1v) is 11.1. The van der Waals surface area contributed by atoms with Crippen molar-refractivity contribution in [1.82, 2.24) is 4.98 Å². The van der Waals surface area contributed by atoms with E-state index in [0.29, 0.717) is 23.8 Å². The number of thiazole rings is 1. The van der Waals surface area contributed by atoms with Gasteiger partial charge < -0.3 is 14.6 Å². The number of rotatable bonds is 12. The molecule has 2 aromatic rings. The highest BCUT2D eigenvalue weighted by Crippen LogP contribution is 2.44. The summed E-state index contributed by atoms with van der Waals surface area (Å²) < 4.78 is 99.9. The lowest BCUT2D eigenvalue weighted by molar-refractivity contribution is -0.842. The SMILES string of the molecule is C/C=C(\C=C/[NH2+]OC)CC(c1ccc(OC(F)F)c(OC(F)F)c1)c1cnc(C(C)(O)C(F)(F)F)s1. The number of hydroxylamine groups is 1. The van der Waals surface area contributed by atoms with Gasteiger partial charge in [0.2, 0.25) is 5.60 Å². The van der Waals surface area contributed by atoms with Crippen LogP contribution in [0, 0.1) is 0 Å². The summed E-state index contributed by atoms with van der Waals surface area (Å²) in [5.74, 6) is -2.09.